The van der Waals surface area contributed by atoms with Crippen LogP contribution in [-0.2, 0) is 11.3 Å². The van der Waals surface area contributed by atoms with Gasteiger partial charge in [-0.25, -0.2) is 0 Å². The lowest BCUT2D eigenvalue weighted by molar-refractivity contribution is -0.116. The number of hydrogen-bond acceptors (Lipinski definition) is 4. The number of benzene rings is 2. The molecule has 0 fully saturated rings. The molecule has 2 aromatic rings. The molecule has 0 saturated carbocycles. The molecule has 0 atom stereocenters. The lowest BCUT2D eigenvalue weighted by atomic mass is 10.2. The van der Waals surface area contributed by atoms with E-state index in [1.54, 1.807) is 6.07 Å². The molecule has 132 valence electrons. The van der Waals surface area contributed by atoms with Crippen LogP contribution in [0.3, 0.4) is 0 Å². The van der Waals surface area contributed by atoms with Crippen LogP contribution in [-0.4, -0.2) is 37.6 Å². The van der Waals surface area contributed by atoms with Crippen LogP contribution in [0.25, 0.3) is 0 Å². The molecule has 2 aromatic carbocycles. The van der Waals surface area contributed by atoms with Crippen molar-refractivity contribution in [3.63, 3.8) is 0 Å². The van der Waals surface area contributed by atoms with Gasteiger partial charge in [-0.15, -0.1) is 0 Å². The average Bonchev–Trinajstić information content (AvgIpc) is 2.62. The third-order valence-corrected chi connectivity index (χ3v) is 4.44. The fraction of sp³-hybridized carbons (Fsp3) is 0.316. The van der Waals surface area contributed by atoms with Crippen molar-refractivity contribution in [3.8, 4) is 11.5 Å². The Labute approximate surface area is 156 Å². The van der Waals surface area contributed by atoms with Crippen LogP contribution in [0.1, 0.15) is 12.0 Å². The summed E-state index contributed by atoms with van der Waals surface area (Å²) in [7, 11) is 2.01. The largest absolute Gasteiger partial charge is 0.486 e. The van der Waals surface area contributed by atoms with E-state index in [2.05, 4.69) is 38.3 Å². The minimum absolute atomic E-state index is 0.0145. The summed E-state index contributed by atoms with van der Waals surface area (Å²) in [5.74, 6) is 1.38. The maximum absolute atomic E-state index is 12.2. The summed E-state index contributed by atoms with van der Waals surface area (Å²) in [6.07, 6.45) is 0.432. The van der Waals surface area contributed by atoms with Gasteiger partial charge in [-0.3, -0.25) is 4.79 Å². The molecule has 25 heavy (non-hydrogen) atoms. The first-order valence-corrected chi connectivity index (χ1v) is 9.02. The van der Waals surface area contributed by atoms with Crippen molar-refractivity contribution in [1.82, 2.24) is 4.90 Å². The number of amides is 1. The fourth-order valence-electron chi connectivity index (χ4n) is 2.62. The number of ether oxygens (including phenoxy) is 2. The van der Waals surface area contributed by atoms with E-state index in [9.17, 15) is 4.79 Å². The predicted octanol–water partition coefficient (Wildman–Crippen LogP) is 3.68. The zero-order valence-electron chi connectivity index (χ0n) is 14.1. The van der Waals surface area contributed by atoms with Crippen LogP contribution in [0.4, 0.5) is 5.69 Å². The van der Waals surface area contributed by atoms with Crippen LogP contribution < -0.4 is 14.8 Å². The molecule has 0 bridgehead atoms. The van der Waals surface area contributed by atoms with Crippen LogP contribution in [0.15, 0.2) is 46.9 Å². The van der Waals surface area contributed by atoms with Crippen LogP contribution in [0.2, 0.25) is 0 Å². The lowest BCUT2D eigenvalue weighted by Gasteiger charge is -2.19. The van der Waals surface area contributed by atoms with Crippen molar-refractivity contribution in [2.75, 3.05) is 32.1 Å². The molecule has 1 aliphatic rings. The average molecular weight is 405 g/mol. The Morgan fingerprint density at radius 3 is 2.60 bits per heavy atom. The van der Waals surface area contributed by atoms with Crippen molar-refractivity contribution in [3.05, 3.63) is 52.5 Å². The van der Waals surface area contributed by atoms with E-state index in [-0.39, 0.29) is 5.91 Å². The molecular formula is C19H21BrN2O3. The van der Waals surface area contributed by atoms with Crippen LogP contribution >= 0.6 is 15.9 Å². The van der Waals surface area contributed by atoms with Crippen molar-refractivity contribution in [2.45, 2.75) is 13.0 Å². The second kappa shape index (κ2) is 8.36. The summed E-state index contributed by atoms with van der Waals surface area (Å²) in [5.41, 5.74) is 1.95. The summed E-state index contributed by atoms with van der Waals surface area (Å²) < 4.78 is 12.1. The molecular weight excluding hydrogens is 384 g/mol. The van der Waals surface area contributed by atoms with Gasteiger partial charge in [0.15, 0.2) is 11.5 Å². The number of hydrogen-bond donors (Lipinski definition) is 1. The molecule has 5 nitrogen and oxygen atoms in total. The summed E-state index contributed by atoms with van der Waals surface area (Å²) in [6.45, 7) is 2.59. The van der Waals surface area contributed by atoms with Crippen molar-refractivity contribution >= 4 is 27.5 Å². The smallest absolute Gasteiger partial charge is 0.225 e. The SMILES string of the molecule is CN(CCC(=O)Nc1ccc2c(c1)OCCO2)Cc1ccc(Br)cc1. The minimum Gasteiger partial charge on any atom is -0.486 e. The van der Waals surface area contributed by atoms with Crippen LogP contribution in [0.5, 0.6) is 11.5 Å². The Kier molecular flexibility index (Phi) is 5.94. The van der Waals surface area contributed by atoms with Crippen molar-refractivity contribution < 1.29 is 14.3 Å². The van der Waals surface area contributed by atoms with E-state index in [1.807, 2.05) is 31.3 Å². The van der Waals surface area contributed by atoms with E-state index in [0.717, 1.165) is 22.5 Å². The highest BCUT2D eigenvalue weighted by Crippen LogP contribution is 2.32. The molecule has 0 saturated heterocycles. The Hall–Kier alpha value is -2.05. The predicted molar refractivity (Wildman–Crippen MR) is 101 cm³/mol. The molecule has 0 aromatic heterocycles. The molecule has 3 rings (SSSR count). The van der Waals surface area contributed by atoms with Gasteiger partial charge in [0.05, 0.1) is 0 Å². The highest BCUT2D eigenvalue weighted by Gasteiger charge is 2.13. The fourth-order valence-corrected chi connectivity index (χ4v) is 2.88. The van der Waals surface area contributed by atoms with E-state index < -0.39 is 0 Å². The number of anilines is 1. The van der Waals surface area contributed by atoms with Crippen molar-refractivity contribution in [2.24, 2.45) is 0 Å². The Bertz CT molecular complexity index is 734. The molecule has 1 N–H and O–H groups in total. The number of nitrogens with one attached hydrogen (secondary N) is 1. The standard InChI is InChI=1S/C19H21BrN2O3/c1-22(13-14-2-4-15(20)5-3-14)9-8-19(23)21-16-6-7-17-18(12-16)25-11-10-24-17/h2-7,12H,8-11,13H2,1H3,(H,21,23). The van der Waals surface area contributed by atoms with Gasteiger partial charge in [0.1, 0.15) is 13.2 Å². The monoisotopic (exact) mass is 404 g/mol. The number of rotatable bonds is 6. The molecule has 0 aliphatic carbocycles. The van der Waals surface area contributed by atoms with Gasteiger partial charge in [0.25, 0.3) is 0 Å². The first-order chi connectivity index (χ1) is 12.1. The van der Waals surface area contributed by atoms with Gasteiger partial charge in [0, 0.05) is 35.7 Å². The quantitative estimate of drug-likeness (QED) is 0.797. The van der Waals surface area contributed by atoms with Crippen LogP contribution in [0, 0.1) is 0 Å². The number of nitrogens with zero attached hydrogens (tertiary/aromatic N) is 1. The highest BCUT2D eigenvalue weighted by molar-refractivity contribution is 9.10. The zero-order valence-corrected chi connectivity index (χ0v) is 15.7. The minimum atomic E-state index is -0.0145. The molecule has 0 spiro atoms. The topological polar surface area (TPSA) is 50.8 Å². The summed E-state index contributed by atoms with van der Waals surface area (Å²) in [4.78, 5) is 14.3. The summed E-state index contributed by atoms with van der Waals surface area (Å²) >= 11 is 3.43. The van der Waals surface area contributed by atoms with E-state index >= 15 is 0 Å². The number of carbonyl (C=O) groups excluding carboxylic acids is 1. The van der Waals surface area contributed by atoms with Gasteiger partial charge in [0.2, 0.25) is 5.91 Å². The summed E-state index contributed by atoms with van der Waals surface area (Å²) in [5, 5.41) is 2.91. The third-order valence-electron chi connectivity index (χ3n) is 3.91. The third kappa shape index (κ3) is 5.21. The van der Waals surface area contributed by atoms with Gasteiger partial charge in [-0.2, -0.15) is 0 Å². The van der Waals surface area contributed by atoms with Gasteiger partial charge in [-0.05, 0) is 36.9 Å². The Morgan fingerprint density at radius 2 is 1.84 bits per heavy atom. The summed E-state index contributed by atoms with van der Waals surface area (Å²) in [6, 6.07) is 13.7. The normalized spacial score (nSPS) is 12.9. The molecule has 1 amide bonds. The molecule has 1 aliphatic heterocycles. The second-order valence-corrected chi connectivity index (χ2v) is 6.94. The highest BCUT2D eigenvalue weighted by atomic mass is 79.9. The first kappa shape index (κ1) is 17.8. The molecule has 0 unspecified atom stereocenters. The number of fused-ring (bicyclic) bond motifs is 1. The molecule has 6 heteroatoms. The Morgan fingerprint density at radius 1 is 1.12 bits per heavy atom. The maximum atomic E-state index is 12.2. The van der Waals surface area contributed by atoms with Gasteiger partial charge < -0.3 is 19.7 Å². The molecule has 0 radical (unpaired) electrons. The maximum Gasteiger partial charge on any atom is 0.225 e. The molecule has 1 heterocycles. The zero-order chi connectivity index (χ0) is 17.6. The number of halogens is 1. The van der Waals surface area contributed by atoms with Gasteiger partial charge in [-0.1, -0.05) is 28.1 Å². The van der Waals surface area contributed by atoms with E-state index in [0.29, 0.717) is 31.9 Å². The first-order valence-electron chi connectivity index (χ1n) is 8.22. The second-order valence-electron chi connectivity index (χ2n) is 6.02. The lowest BCUT2D eigenvalue weighted by Crippen LogP contribution is -2.24. The van der Waals surface area contributed by atoms with E-state index in [4.69, 9.17) is 9.47 Å². The van der Waals surface area contributed by atoms with Gasteiger partial charge >= 0.3 is 0 Å². The van der Waals surface area contributed by atoms with E-state index in [1.165, 1.54) is 5.56 Å². The number of carbonyl (C=O) groups is 1. The Balaban J connectivity index is 1.46. The van der Waals surface area contributed by atoms with Crippen molar-refractivity contribution in [1.29, 1.82) is 0 Å².